The molecule has 4 rings (SSSR count). The normalized spacial score (nSPS) is 24.2. The third kappa shape index (κ3) is 3.02. The molecule has 1 aromatic heterocycles. The third-order valence-corrected chi connectivity index (χ3v) is 5.76. The molecule has 2 heterocycles. The third-order valence-electron chi connectivity index (χ3n) is 5.44. The van der Waals surface area contributed by atoms with E-state index in [9.17, 15) is 9.50 Å². The highest BCUT2D eigenvalue weighted by Crippen LogP contribution is 2.44. The second-order valence-corrected chi connectivity index (χ2v) is 7.59. The molecule has 1 fully saturated rings. The molecule has 3 nitrogen and oxygen atoms in total. The molecule has 5 heteroatoms. The number of fused-ring (bicyclic) bond motifs is 1. The predicted molar refractivity (Wildman–Crippen MR) is 101 cm³/mol. The molecule has 1 aliphatic rings. The summed E-state index contributed by atoms with van der Waals surface area (Å²) in [4.78, 5) is 2.32. The molecule has 2 unspecified atom stereocenters. The van der Waals surface area contributed by atoms with Crippen molar-refractivity contribution in [2.24, 2.45) is 5.92 Å². The van der Waals surface area contributed by atoms with Crippen LogP contribution >= 0.6 is 11.6 Å². The summed E-state index contributed by atoms with van der Waals surface area (Å²) < 4.78 is 18.9. The predicted octanol–water partition coefficient (Wildman–Crippen LogP) is 4.95. The number of rotatable bonds is 3. The standard InChI is InChI=1S/C21H21ClFNO2/c1-14-12-24(13-15-5-3-2-4-6-15)10-9-21(14,25)19-17(22)8-7-16-11-18(23)26-20(16)19/h2-8,11,14,25H,9-10,12-13H2,1H3. The van der Waals surface area contributed by atoms with Crippen LogP contribution in [-0.4, -0.2) is 23.1 Å². The quantitative estimate of drug-likeness (QED) is 0.705. The molecular formula is C21H21ClFNO2. The van der Waals surface area contributed by atoms with Gasteiger partial charge in [-0.3, -0.25) is 4.90 Å². The maximum Gasteiger partial charge on any atom is 0.278 e. The van der Waals surface area contributed by atoms with E-state index in [0.29, 0.717) is 28.0 Å². The van der Waals surface area contributed by atoms with Crippen LogP contribution in [0.25, 0.3) is 11.0 Å². The van der Waals surface area contributed by atoms with E-state index in [1.54, 1.807) is 12.1 Å². The van der Waals surface area contributed by atoms with Gasteiger partial charge < -0.3 is 9.52 Å². The first-order chi connectivity index (χ1) is 12.5. The Morgan fingerprint density at radius 3 is 2.77 bits per heavy atom. The molecule has 2 aromatic carbocycles. The lowest BCUT2D eigenvalue weighted by Crippen LogP contribution is -2.48. The largest absolute Gasteiger partial charge is 0.431 e. The summed E-state index contributed by atoms with van der Waals surface area (Å²) in [5.41, 5.74) is 0.959. The highest BCUT2D eigenvalue weighted by molar-refractivity contribution is 6.32. The molecule has 0 bridgehead atoms. The van der Waals surface area contributed by atoms with E-state index >= 15 is 0 Å². The number of furan rings is 1. The first-order valence-electron chi connectivity index (χ1n) is 8.84. The SMILES string of the molecule is CC1CN(Cc2ccccc2)CCC1(O)c1c(Cl)ccc2cc(F)oc12. The second-order valence-electron chi connectivity index (χ2n) is 7.19. The van der Waals surface area contributed by atoms with Crippen LogP contribution in [0.1, 0.15) is 24.5 Å². The van der Waals surface area contributed by atoms with Crippen molar-refractivity contribution in [3.8, 4) is 0 Å². The second kappa shape index (κ2) is 6.69. The van der Waals surface area contributed by atoms with Crippen molar-refractivity contribution in [3.63, 3.8) is 0 Å². The summed E-state index contributed by atoms with van der Waals surface area (Å²) in [7, 11) is 0. The molecule has 1 saturated heterocycles. The maximum atomic E-state index is 13.6. The van der Waals surface area contributed by atoms with E-state index < -0.39 is 11.6 Å². The summed E-state index contributed by atoms with van der Waals surface area (Å²) in [6.45, 7) is 4.30. The van der Waals surface area contributed by atoms with Gasteiger partial charge in [-0.1, -0.05) is 48.9 Å². The van der Waals surface area contributed by atoms with E-state index in [4.69, 9.17) is 16.0 Å². The van der Waals surface area contributed by atoms with Crippen LogP contribution < -0.4 is 0 Å². The lowest BCUT2D eigenvalue weighted by Gasteiger charge is -2.43. The Bertz CT molecular complexity index is 926. The van der Waals surface area contributed by atoms with Crippen LogP contribution in [0.4, 0.5) is 4.39 Å². The van der Waals surface area contributed by atoms with Gasteiger partial charge in [0.25, 0.3) is 6.01 Å². The fourth-order valence-corrected chi connectivity index (χ4v) is 4.32. The summed E-state index contributed by atoms with van der Waals surface area (Å²) in [6.07, 6.45) is 0.516. The van der Waals surface area contributed by atoms with Crippen LogP contribution in [0, 0.1) is 11.9 Å². The van der Waals surface area contributed by atoms with Crippen molar-refractivity contribution in [1.29, 1.82) is 0 Å². The minimum absolute atomic E-state index is 0.0729. The van der Waals surface area contributed by atoms with Gasteiger partial charge in [-0.25, -0.2) is 0 Å². The Morgan fingerprint density at radius 2 is 2.04 bits per heavy atom. The number of benzene rings is 2. The Labute approximate surface area is 157 Å². The Hall–Kier alpha value is -1.88. The summed E-state index contributed by atoms with van der Waals surface area (Å²) in [5.74, 6) is -0.0729. The Kier molecular flexibility index (Phi) is 4.51. The van der Waals surface area contributed by atoms with Crippen LogP contribution in [-0.2, 0) is 12.1 Å². The van der Waals surface area contributed by atoms with E-state index in [1.165, 1.54) is 11.6 Å². The zero-order chi connectivity index (χ0) is 18.3. The lowest BCUT2D eigenvalue weighted by atomic mass is 9.76. The average Bonchev–Trinajstić information content (AvgIpc) is 2.99. The van der Waals surface area contributed by atoms with Crippen LogP contribution in [0.15, 0.2) is 52.9 Å². The number of hydrogen-bond acceptors (Lipinski definition) is 3. The van der Waals surface area contributed by atoms with E-state index in [0.717, 1.165) is 19.6 Å². The zero-order valence-corrected chi connectivity index (χ0v) is 15.3. The molecule has 0 spiro atoms. The molecule has 1 N–H and O–H groups in total. The fourth-order valence-electron chi connectivity index (χ4n) is 4.01. The Morgan fingerprint density at radius 1 is 1.27 bits per heavy atom. The van der Waals surface area contributed by atoms with Crippen molar-refractivity contribution in [2.75, 3.05) is 13.1 Å². The average molecular weight is 374 g/mol. The summed E-state index contributed by atoms with van der Waals surface area (Å²) >= 11 is 6.41. The summed E-state index contributed by atoms with van der Waals surface area (Å²) in [6, 6.07) is 14.4. The molecule has 3 aromatic rings. The minimum atomic E-state index is -1.14. The van der Waals surface area contributed by atoms with E-state index in [-0.39, 0.29) is 5.92 Å². The minimum Gasteiger partial charge on any atom is -0.431 e. The molecule has 1 aliphatic heterocycles. The molecule has 0 amide bonds. The molecule has 2 atom stereocenters. The molecule has 0 aliphatic carbocycles. The molecular weight excluding hydrogens is 353 g/mol. The van der Waals surface area contributed by atoms with Gasteiger partial charge >= 0.3 is 0 Å². The van der Waals surface area contributed by atoms with Crippen LogP contribution in [0.2, 0.25) is 5.02 Å². The number of piperidine rings is 1. The van der Waals surface area contributed by atoms with Crippen molar-refractivity contribution in [1.82, 2.24) is 4.90 Å². The number of nitrogens with zero attached hydrogens (tertiary/aromatic N) is 1. The van der Waals surface area contributed by atoms with Gasteiger partial charge in [0.15, 0.2) is 0 Å². The molecule has 26 heavy (non-hydrogen) atoms. The highest BCUT2D eigenvalue weighted by atomic mass is 35.5. The van der Waals surface area contributed by atoms with Crippen molar-refractivity contribution >= 4 is 22.6 Å². The van der Waals surface area contributed by atoms with Crippen molar-refractivity contribution < 1.29 is 13.9 Å². The van der Waals surface area contributed by atoms with Gasteiger partial charge in [-0.05, 0) is 24.1 Å². The number of likely N-dealkylation sites (tertiary alicyclic amines) is 1. The number of aliphatic hydroxyl groups is 1. The first-order valence-corrected chi connectivity index (χ1v) is 9.22. The first kappa shape index (κ1) is 17.5. The van der Waals surface area contributed by atoms with Crippen molar-refractivity contribution in [2.45, 2.75) is 25.5 Å². The van der Waals surface area contributed by atoms with Gasteiger partial charge in [-0.2, -0.15) is 4.39 Å². The molecule has 0 saturated carbocycles. The van der Waals surface area contributed by atoms with Gasteiger partial charge in [0.05, 0.1) is 10.6 Å². The smallest absolute Gasteiger partial charge is 0.278 e. The zero-order valence-electron chi connectivity index (χ0n) is 14.6. The highest BCUT2D eigenvalue weighted by Gasteiger charge is 2.43. The summed E-state index contributed by atoms with van der Waals surface area (Å²) in [5, 5.41) is 12.5. The fraction of sp³-hybridized carbons (Fsp3) is 0.333. The van der Waals surface area contributed by atoms with E-state index in [2.05, 4.69) is 17.0 Å². The van der Waals surface area contributed by atoms with Crippen molar-refractivity contribution in [3.05, 3.63) is 70.7 Å². The maximum absolute atomic E-state index is 13.6. The number of hydrogen-bond donors (Lipinski definition) is 1. The lowest BCUT2D eigenvalue weighted by molar-refractivity contribution is -0.0722. The topological polar surface area (TPSA) is 36.6 Å². The van der Waals surface area contributed by atoms with Gasteiger partial charge in [0.2, 0.25) is 0 Å². The van der Waals surface area contributed by atoms with Crippen LogP contribution in [0.5, 0.6) is 0 Å². The molecule has 136 valence electrons. The van der Waals surface area contributed by atoms with E-state index in [1.807, 2.05) is 25.1 Å². The monoisotopic (exact) mass is 373 g/mol. The van der Waals surface area contributed by atoms with Crippen LogP contribution in [0.3, 0.4) is 0 Å². The molecule has 0 radical (unpaired) electrons. The number of halogens is 2. The van der Waals surface area contributed by atoms with Gasteiger partial charge in [-0.15, -0.1) is 0 Å². The Balaban J connectivity index is 1.63. The van der Waals surface area contributed by atoms with Gasteiger partial charge in [0, 0.05) is 42.6 Å². The van der Waals surface area contributed by atoms with Gasteiger partial charge in [0.1, 0.15) is 5.58 Å².